The molecule has 2 nitrogen and oxygen atoms in total. The maximum atomic E-state index is 9.99. The van der Waals surface area contributed by atoms with Crippen molar-refractivity contribution in [2.45, 2.75) is 6.42 Å². The Morgan fingerprint density at radius 3 is 2.78 bits per heavy atom. The molecule has 53 valence electrons. The standard InChI is InChI=1S/C7H14NO/c1-3-5-8(2)6-4-7-9/h3H,1,4-7H2,2H3. The van der Waals surface area contributed by atoms with Crippen molar-refractivity contribution >= 4 is 0 Å². The third-order valence-corrected chi connectivity index (χ3v) is 1.12. The van der Waals surface area contributed by atoms with Gasteiger partial charge in [0, 0.05) is 13.1 Å². The molecule has 0 spiro atoms. The largest absolute Gasteiger partial charge is 0.303 e. The Kier molecular flexibility index (Phi) is 5.57. The molecule has 0 aromatic rings. The molecule has 0 rings (SSSR count). The van der Waals surface area contributed by atoms with E-state index >= 15 is 0 Å². The van der Waals surface area contributed by atoms with Gasteiger partial charge in [0.25, 0.3) is 0 Å². The molecule has 0 heterocycles. The number of hydrogen-bond acceptors (Lipinski definition) is 1. The first kappa shape index (κ1) is 8.66. The molecule has 0 aliphatic rings. The first-order chi connectivity index (χ1) is 4.31. The SMILES string of the molecule is C=CCN(C)CCC[O]. The van der Waals surface area contributed by atoms with E-state index in [1.54, 1.807) is 0 Å². The third kappa shape index (κ3) is 5.53. The quantitative estimate of drug-likeness (QED) is 0.505. The summed E-state index contributed by atoms with van der Waals surface area (Å²) in [5.41, 5.74) is 0. The Bertz CT molecular complexity index is 73.3. The van der Waals surface area contributed by atoms with Crippen LogP contribution < -0.4 is 0 Å². The Morgan fingerprint density at radius 1 is 1.67 bits per heavy atom. The van der Waals surface area contributed by atoms with Crippen LogP contribution in [0.1, 0.15) is 6.42 Å². The fraction of sp³-hybridized carbons (Fsp3) is 0.714. The number of nitrogens with zero attached hydrogens (tertiary/aromatic N) is 1. The van der Waals surface area contributed by atoms with Crippen LogP contribution in [0.25, 0.3) is 0 Å². The summed E-state index contributed by atoms with van der Waals surface area (Å²) in [5.74, 6) is 0. The summed E-state index contributed by atoms with van der Waals surface area (Å²) in [5, 5.41) is 9.99. The van der Waals surface area contributed by atoms with E-state index in [0.29, 0.717) is 0 Å². The summed E-state index contributed by atoms with van der Waals surface area (Å²) < 4.78 is 0. The van der Waals surface area contributed by atoms with E-state index in [1.807, 2.05) is 13.1 Å². The fourth-order valence-corrected chi connectivity index (χ4v) is 0.646. The predicted molar refractivity (Wildman–Crippen MR) is 37.9 cm³/mol. The van der Waals surface area contributed by atoms with Crippen molar-refractivity contribution in [3.8, 4) is 0 Å². The molecule has 0 atom stereocenters. The van der Waals surface area contributed by atoms with Crippen LogP contribution in [0.4, 0.5) is 0 Å². The lowest BCUT2D eigenvalue weighted by molar-refractivity contribution is 0.175. The van der Waals surface area contributed by atoms with Gasteiger partial charge in [-0.1, -0.05) is 6.08 Å². The van der Waals surface area contributed by atoms with Crippen LogP contribution in [-0.2, 0) is 5.11 Å². The van der Waals surface area contributed by atoms with Gasteiger partial charge in [0.05, 0.1) is 6.61 Å². The first-order valence-electron chi connectivity index (χ1n) is 3.18. The predicted octanol–water partition coefficient (Wildman–Crippen LogP) is 0.925. The summed E-state index contributed by atoms with van der Waals surface area (Å²) in [6.07, 6.45) is 2.58. The molecule has 0 saturated carbocycles. The van der Waals surface area contributed by atoms with Crippen LogP contribution in [0.5, 0.6) is 0 Å². The Balaban J connectivity index is 3.04. The molecule has 0 fully saturated rings. The van der Waals surface area contributed by atoms with Gasteiger partial charge in [0.15, 0.2) is 0 Å². The van der Waals surface area contributed by atoms with Crippen molar-refractivity contribution in [3.05, 3.63) is 12.7 Å². The minimum absolute atomic E-state index is 0.0292. The average molecular weight is 128 g/mol. The lowest BCUT2D eigenvalue weighted by atomic mass is 10.4. The molecule has 0 aromatic heterocycles. The second-order valence-electron chi connectivity index (χ2n) is 2.11. The highest BCUT2D eigenvalue weighted by Crippen LogP contribution is 1.85. The highest BCUT2D eigenvalue weighted by molar-refractivity contribution is 4.70. The lowest BCUT2D eigenvalue weighted by Gasteiger charge is -2.11. The molecule has 2 heteroatoms. The van der Waals surface area contributed by atoms with Crippen molar-refractivity contribution in [1.82, 2.24) is 4.90 Å². The second kappa shape index (κ2) is 5.79. The van der Waals surface area contributed by atoms with Crippen molar-refractivity contribution in [2.75, 3.05) is 26.7 Å². The summed E-state index contributed by atoms with van der Waals surface area (Å²) in [6.45, 7) is 5.38. The van der Waals surface area contributed by atoms with E-state index in [1.165, 1.54) is 0 Å². The molecule has 0 aromatic carbocycles. The van der Waals surface area contributed by atoms with Gasteiger partial charge in [0.1, 0.15) is 0 Å². The Labute approximate surface area is 56.8 Å². The summed E-state index contributed by atoms with van der Waals surface area (Å²) in [7, 11) is 1.98. The number of likely N-dealkylation sites (N-methyl/N-ethyl adjacent to an activating group) is 1. The monoisotopic (exact) mass is 128 g/mol. The smallest absolute Gasteiger partial charge is 0.0834 e. The first-order valence-corrected chi connectivity index (χ1v) is 3.18. The number of hydrogen-bond donors (Lipinski definition) is 0. The fourth-order valence-electron chi connectivity index (χ4n) is 0.646. The molecular weight excluding hydrogens is 114 g/mol. The Hall–Kier alpha value is -0.340. The van der Waals surface area contributed by atoms with E-state index in [2.05, 4.69) is 11.5 Å². The molecule has 1 radical (unpaired) electrons. The van der Waals surface area contributed by atoms with Gasteiger partial charge in [-0.05, 0) is 13.5 Å². The normalized spacial score (nSPS) is 10.1. The maximum absolute atomic E-state index is 9.99. The molecule has 0 bridgehead atoms. The van der Waals surface area contributed by atoms with Gasteiger partial charge in [-0.15, -0.1) is 6.58 Å². The molecule has 0 unspecified atom stereocenters. The molecular formula is C7H14NO. The van der Waals surface area contributed by atoms with Gasteiger partial charge < -0.3 is 4.90 Å². The van der Waals surface area contributed by atoms with Crippen molar-refractivity contribution < 1.29 is 5.11 Å². The van der Waals surface area contributed by atoms with Crippen molar-refractivity contribution in [1.29, 1.82) is 0 Å². The van der Waals surface area contributed by atoms with Gasteiger partial charge in [-0.3, -0.25) is 0 Å². The molecule has 9 heavy (non-hydrogen) atoms. The van der Waals surface area contributed by atoms with E-state index in [9.17, 15) is 5.11 Å². The molecule has 0 aliphatic carbocycles. The zero-order valence-corrected chi connectivity index (χ0v) is 5.97. The summed E-state index contributed by atoms with van der Waals surface area (Å²) in [6, 6.07) is 0. The van der Waals surface area contributed by atoms with E-state index < -0.39 is 0 Å². The van der Waals surface area contributed by atoms with E-state index in [0.717, 1.165) is 19.5 Å². The zero-order chi connectivity index (χ0) is 7.11. The van der Waals surface area contributed by atoms with Gasteiger partial charge in [-0.2, -0.15) is 0 Å². The molecule has 0 N–H and O–H groups in total. The molecule has 0 aliphatic heterocycles. The van der Waals surface area contributed by atoms with Crippen molar-refractivity contribution in [2.24, 2.45) is 0 Å². The zero-order valence-electron chi connectivity index (χ0n) is 5.97. The third-order valence-electron chi connectivity index (χ3n) is 1.12. The van der Waals surface area contributed by atoms with Crippen LogP contribution >= 0.6 is 0 Å². The van der Waals surface area contributed by atoms with Crippen molar-refractivity contribution in [3.63, 3.8) is 0 Å². The van der Waals surface area contributed by atoms with E-state index in [-0.39, 0.29) is 6.61 Å². The van der Waals surface area contributed by atoms with Crippen LogP contribution in [-0.4, -0.2) is 31.6 Å². The topological polar surface area (TPSA) is 23.1 Å². The minimum Gasteiger partial charge on any atom is -0.303 e. The van der Waals surface area contributed by atoms with Crippen LogP contribution in [0.2, 0.25) is 0 Å². The summed E-state index contributed by atoms with van der Waals surface area (Å²) in [4.78, 5) is 2.07. The highest BCUT2D eigenvalue weighted by atomic mass is 16.3. The van der Waals surface area contributed by atoms with Crippen LogP contribution in [0.15, 0.2) is 12.7 Å². The van der Waals surface area contributed by atoms with Crippen LogP contribution in [0.3, 0.4) is 0 Å². The minimum atomic E-state index is 0.0292. The molecule has 0 saturated heterocycles. The average Bonchev–Trinajstić information content (AvgIpc) is 1.85. The second-order valence-corrected chi connectivity index (χ2v) is 2.11. The number of rotatable bonds is 5. The molecule has 0 amide bonds. The van der Waals surface area contributed by atoms with Gasteiger partial charge >= 0.3 is 0 Å². The van der Waals surface area contributed by atoms with E-state index in [4.69, 9.17) is 0 Å². The lowest BCUT2D eigenvalue weighted by Crippen LogP contribution is -2.19. The van der Waals surface area contributed by atoms with Crippen LogP contribution in [0, 0.1) is 0 Å². The van der Waals surface area contributed by atoms with Gasteiger partial charge in [0.2, 0.25) is 0 Å². The Morgan fingerprint density at radius 2 is 2.33 bits per heavy atom. The van der Waals surface area contributed by atoms with Gasteiger partial charge in [-0.25, -0.2) is 5.11 Å². The maximum Gasteiger partial charge on any atom is 0.0834 e. The summed E-state index contributed by atoms with van der Waals surface area (Å²) >= 11 is 0. The highest BCUT2D eigenvalue weighted by Gasteiger charge is 1.91.